The fourth-order valence-electron chi connectivity index (χ4n) is 1.55. The van der Waals surface area contributed by atoms with Gasteiger partial charge in [-0.2, -0.15) is 0 Å². The molecular weight excluding hydrogens is 287 g/mol. The van der Waals surface area contributed by atoms with Crippen LogP contribution in [0.3, 0.4) is 0 Å². The summed E-state index contributed by atoms with van der Waals surface area (Å²) in [6, 6.07) is 13.0. The predicted octanol–water partition coefficient (Wildman–Crippen LogP) is 4.24. The maximum absolute atomic E-state index is 11.3. The van der Waals surface area contributed by atoms with Gasteiger partial charge >= 0.3 is 0 Å². The summed E-state index contributed by atoms with van der Waals surface area (Å²) in [5.41, 5.74) is 0.446. The van der Waals surface area contributed by atoms with Gasteiger partial charge < -0.3 is 4.74 Å². The van der Waals surface area contributed by atoms with E-state index >= 15 is 0 Å². The highest BCUT2D eigenvalue weighted by molar-refractivity contribution is 6.68. The number of para-hydroxylation sites is 2. The Morgan fingerprint density at radius 2 is 1.11 bits per heavy atom. The van der Waals surface area contributed by atoms with Crippen LogP contribution in [-0.4, -0.2) is 10.5 Å². The number of hydrogen-bond donors (Lipinski definition) is 0. The lowest BCUT2D eigenvalue weighted by Crippen LogP contribution is -1.98. The summed E-state index contributed by atoms with van der Waals surface area (Å²) in [5.74, 6) is 0.542. The van der Waals surface area contributed by atoms with Crippen LogP contribution in [0.1, 0.15) is 20.7 Å². The van der Waals surface area contributed by atoms with E-state index in [1.807, 2.05) is 0 Å². The van der Waals surface area contributed by atoms with Gasteiger partial charge in [-0.15, -0.1) is 0 Å². The standard InChI is InChI=1S/C14H8Cl2O3/c15-13(17)9-5-1-3-7-11(9)19-12-8-4-2-6-10(12)14(16)18/h1-8H. The molecule has 2 aromatic carbocycles. The zero-order valence-electron chi connectivity index (χ0n) is 9.60. The Morgan fingerprint density at radius 3 is 1.47 bits per heavy atom. The Labute approximate surface area is 119 Å². The van der Waals surface area contributed by atoms with Crippen molar-refractivity contribution in [3.8, 4) is 11.5 Å². The smallest absolute Gasteiger partial charge is 0.256 e. The number of halogens is 2. The van der Waals surface area contributed by atoms with Crippen molar-refractivity contribution in [2.24, 2.45) is 0 Å². The summed E-state index contributed by atoms with van der Waals surface area (Å²) in [6.45, 7) is 0. The highest BCUT2D eigenvalue weighted by Gasteiger charge is 2.14. The highest BCUT2D eigenvalue weighted by Crippen LogP contribution is 2.29. The molecule has 96 valence electrons. The molecule has 0 saturated carbocycles. The summed E-state index contributed by atoms with van der Waals surface area (Å²) in [4.78, 5) is 22.5. The second kappa shape index (κ2) is 5.87. The maximum atomic E-state index is 11.3. The van der Waals surface area contributed by atoms with Crippen molar-refractivity contribution >= 4 is 33.7 Å². The van der Waals surface area contributed by atoms with Crippen LogP contribution in [0.25, 0.3) is 0 Å². The van der Waals surface area contributed by atoms with E-state index < -0.39 is 10.5 Å². The van der Waals surface area contributed by atoms with Crippen LogP contribution in [0.5, 0.6) is 11.5 Å². The fourth-order valence-corrected chi connectivity index (χ4v) is 1.87. The van der Waals surface area contributed by atoms with Crippen LogP contribution in [0.4, 0.5) is 0 Å². The minimum Gasteiger partial charge on any atom is -0.456 e. The number of benzene rings is 2. The van der Waals surface area contributed by atoms with Gasteiger partial charge in [-0.3, -0.25) is 9.59 Å². The lowest BCUT2D eigenvalue weighted by molar-refractivity contribution is 0.107. The SMILES string of the molecule is O=C(Cl)c1ccccc1Oc1ccccc1C(=O)Cl. The molecule has 0 unspecified atom stereocenters. The largest absolute Gasteiger partial charge is 0.456 e. The van der Waals surface area contributed by atoms with E-state index in [2.05, 4.69) is 0 Å². The Hall–Kier alpha value is -1.84. The molecule has 0 fully saturated rings. The van der Waals surface area contributed by atoms with E-state index in [0.29, 0.717) is 0 Å². The maximum Gasteiger partial charge on any atom is 0.256 e. The molecule has 3 nitrogen and oxygen atoms in total. The summed E-state index contributed by atoms with van der Waals surface area (Å²) in [7, 11) is 0. The molecule has 2 rings (SSSR count). The lowest BCUT2D eigenvalue weighted by atomic mass is 10.2. The van der Waals surface area contributed by atoms with Crippen molar-refractivity contribution < 1.29 is 14.3 Å². The second-order valence-electron chi connectivity index (χ2n) is 3.64. The van der Waals surface area contributed by atoms with Gasteiger partial charge in [0.1, 0.15) is 11.5 Å². The van der Waals surface area contributed by atoms with E-state index in [0.717, 1.165) is 0 Å². The van der Waals surface area contributed by atoms with Gasteiger partial charge in [0.2, 0.25) is 0 Å². The highest BCUT2D eigenvalue weighted by atomic mass is 35.5. The molecule has 0 radical (unpaired) electrons. The van der Waals surface area contributed by atoms with Crippen LogP contribution < -0.4 is 4.74 Å². The van der Waals surface area contributed by atoms with Crippen LogP contribution in [0, 0.1) is 0 Å². The molecule has 0 N–H and O–H groups in total. The van der Waals surface area contributed by atoms with E-state index in [-0.39, 0.29) is 22.6 Å². The third kappa shape index (κ3) is 3.13. The minimum absolute atomic E-state index is 0.223. The zero-order valence-corrected chi connectivity index (χ0v) is 11.1. The van der Waals surface area contributed by atoms with Gasteiger partial charge in [-0.1, -0.05) is 24.3 Å². The first-order valence-electron chi connectivity index (χ1n) is 5.35. The molecule has 2 aromatic rings. The first-order chi connectivity index (χ1) is 9.09. The van der Waals surface area contributed by atoms with Crippen molar-refractivity contribution in [2.45, 2.75) is 0 Å². The third-order valence-electron chi connectivity index (χ3n) is 2.42. The third-order valence-corrected chi connectivity index (χ3v) is 2.82. The molecule has 0 amide bonds. The van der Waals surface area contributed by atoms with E-state index in [1.54, 1.807) is 36.4 Å². The first kappa shape index (κ1) is 13.6. The van der Waals surface area contributed by atoms with Crippen molar-refractivity contribution in [1.82, 2.24) is 0 Å². The van der Waals surface area contributed by atoms with Gasteiger partial charge in [0, 0.05) is 0 Å². The molecule has 19 heavy (non-hydrogen) atoms. The molecule has 0 spiro atoms. The number of rotatable bonds is 4. The number of carbonyl (C=O) groups excluding carboxylic acids is 2. The summed E-state index contributed by atoms with van der Waals surface area (Å²) < 4.78 is 5.55. The molecule has 5 heteroatoms. The number of carbonyl (C=O) groups is 2. The molecule has 0 heterocycles. The van der Waals surface area contributed by atoms with E-state index in [1.165, 1.54) is 12.1 Å². The van der Waals surface area contributed by atoms with Crippen molar-refractivity contribution in [3.05, 3.63) is 59.7 Å². The lowest BCUT2D eigenvalue weighted by Gasteiger charge is -2.10. The Morgan fingerprint density at radius 1 is 0.737 bits per heavy atom. The zero-order chi connectivity index (χ0) is 13.8. The Kier molecular flexibility index (Phi) is 4.20. The molecule has 0 bridgehead atoms. The average molecular weight is 295 g/mol. The monoisotopic (exact) mass is 294 g/mol. The van der Waals surface area contributed by atoms with Crippen molar-refractivity contribution in [2.75, 3.05) is 0 Å². The molecule has 0 atom stereocenters. The van der Waals surface area contributed by atoms with Gasteiger partial charge in [0.05, 0.1) is 11.1 Å². The molecule has 0 aliphatic rings. The van der Waals surface area contributed by atoms with E-state index in [9.17, 15) is 9.59 Å². The Bertz CT molecular complexity index is 583. The summed E-state index contributed by atoms with van der Waals surface area (Å²) in [5, 5.41) is -1.27. The molecule has 0 aliphatic carbocycles. The average Bonchev–Trinajstić information content (AvgIpc) is 2.39. The van der Waals surface area contributed by atoms with Gasteiger partial charge in [-0.25, -0.2) is 0 Å². The second-order valence-corrected chi connectivity index (χ2v) is 4.33. The fraction of sp³-hybridized carbons (Fsp3) is 0. The molecular formula is C14H8Cl2O3. The summed E-state index contributed by atoms with van der Waals surface area (Å²) >= 11 is 10.9. The molecule has 0 aliphatic heterocycles. The van der Waals surface area contributed by atoms with Crippen molar-refractivity contribution in [1.29, 1.82) is 0 Å². The van der Waals surface area contributed by atoms with Crippen LogP contribution in [-0.2, 0) is 0 Å². The minimum atomic E-state index is -0.634. The van der Waals surface area contributed by atoms with Gasteiger partial charge in [0.25, 0.3) is 10.5 Å². The van der Waals surface area contributed by atoms with Gasteiger partial charge in [-0.05, 0) is 47.5 Å². The Balaban J connectivity index is 2.42. The normalized spacial score (nSPS) is 10.0. The molecule has 0 aromatic heterocycles. The number of ether oxygens (including phenoxy) is 1. The first-order valence-corrected chi connectivity index (χ1v) is 6.11. The number of hydrogen-bond acceptors (Lipinski definition) is 3. The summed E-state index contributed by atoms with van der Waals surface area (Å²) in [6.07, 6.45) is 0. The predicted molar refractivity (Wildman–Crippen MR) is 73.3 cm³/mol. The van der Waals surface area contributed by atoms with Crippen LogP contribution >= 0.6 is 23.2 Å². The van der Waals surface area contributed by atoms with Crippen LogP contribution in [0.15, 0.2) is 48.5 Å². The van der Waals surface area contributed by atoms with Crippen molar-refractivity contribution in [3.63, 3.8) is 0 Å². The van der Waals surface area contributed by atoms with Gasteiger partial charge in [0.15, 0.2) is 0 Å². The topological polar surface area (TPSA) is 43.4 Å². The van der Waals surface area contributed by atoms with Crippen LogP contribution in [0.2, 0.25) is 0 Å². The quantitative estimate of drug-likeness (QED) is 0.792. The van der Waals surface area contributed by atoms with E-state index in [4.69, 9.17) is 27.9 Å². The molecule has 0 saturated heterocycles.